The van der Waals surface area contributed by atoms with Crippen molar-refractivity contribution in [3.05, 3.63) is 33.8 Å². The quantitative estimate of drug-likeness (QED) is 0.824. The third-order valence-electron chi connectivity index (χ3n) is 1.80. The zero-order chi connectivity index (χ0) is 10.7. The van der Waals surface area contributed by atoms with Crippen LogP contribution in [0.2, 0.25) is 0 Å². The van der Waals surface area contributed by atoms with Crippen molar-refractivity contribution in [1.82, 2.24) is 0 Å². The summed E-state index contributed by atoms with van der Waals surface area (Å²) in [5.74, 6) is -1.53. The Morgan fingerprint density at radius 1 is 1.29 bits per heavy atom. The van der Waals surface area contributed by atoms with Gasteiger partial charge >= 0.3 is 0 Å². The van der Waals surface area contributed by atoms with Gasteiger partial charge in [-0.3, -0.25) is 0 Å². The van der Waals surface area contributed by atoms with Crippen molar-refractivity contribution in [3.63, 3.8) is 0 Å². The first-order chi connectivity index (χ1) is 6.56. The van der Waals surface area contributed by atoms with E-state index in [2.05, 4.69) is 15.9 Å². The Morgan fingerprint density at radius 3 is 2.50 bits per heavy atom. The normalized spacial score (nSPS) is 12.9. The average Bonchev–Trinajstić information content (AvgIpc) is 2.11. The molecule has 0 aliphatic heterocycles. The minimum Gasteiger partial charge on any atom is -0.396 e. The zero-order valence-electron chi connectivity index (χ0n) is 7.17. The van der Waals surface area contributed by atoms with Gasteiger partial charge in [0, 0.05) is 24.7 Å². The van der Waals surface area contributed by atoms with Crippen LogP contribution in [0.4, 0.5) is 8.78 Å². The van der Waals surface area contributed by atoms with Gasteiger partial charge in [-0.1, -0.05) is 0 Å². The van der Waals surface area contributed by atoms with Crippen LogP contribution in [0.25, 0.3) is 0 Å². The van der Waals surface area contributed by atoms with Crippen LogP contribution in [-0.4, -0.2) is 16.8 Å². The minimum atomic E-state index is -1.11. The first-order valence-electron chi connectivity index (χ1n) is 3.99. The first-order valence-corrected chi connectivity index (χ1v) is 4.79. The summed E-state index contributed by atoms with van der Waals surface area (Å²) in [4.78, 5) is 0. The second-order valence-electron chi connectivity index (χ2n) is 2.82. The highest BCUT2D eigenvalue weighted by atomic mass is 79.9. The van der Waals surface area contributed by atoms with Crippen molar-refractivity contribution in [2.75, 3.05) is 6.61 Å². The Labute approximate surface area is 88.3 Å². The van der Waals surface area contributed by atoms with Crippen molar-refractivity contribution in [1.29, 1.82) is 0 Å². The monoisotopic (exact) mass is 266 g/mol. The maximum Gasteiger partial charge on any atom is 0.140 e. The molecule has 0 heterocycles. The predicted octanol–water partition coefficient (Wildman–Crippen LogP) is 2.14. The van der Waals surface area contributed by atoms with Crippen molar-refractivity contribution in [2.24, 2.45) is 0 Å². The fraction of sp³-hybridized carbons (Fsp3) is 0.333. The van der Waals surface area contributed by atoms with E-state index in [1.165, 1.54) is 6.07 Å². The van der Waals surface area contributed by atoms with Gasteiger partial charge in [-0.2, -0.15) is 0 Å². The maximum absolute atomic E-state index is 13.1. The van der Waals surface area contributed by atoms with Crippen LogP contribution in [0, 0.1) is 11.6 Å². The molecule has 0 bridgehead atoms. The van der Waals surface area contributed by atoms with E-state index in [-0.39, 0.29) is 23.1 Å². The lowest BCUT2D eigenvalue weighted by Crippen LogP contribution is -2.03. The maximum atomic E-state index is 13.1. The van der Waals surface area contributed by atoms with Crippen LogP contribution < -0.4 is 0 Å². The van der Waals surface area contributed by atoms with Crippen LogP contribution in [0.3, 0.4) is 0 Å². The van der Waals surface area contributed by atoms with E-state index in [9.17, 15) is 13.9 Å². The standard InChI is InChI=1S/C9H9BrF2O2/c10-6-3-5(9(14)1-2-13)7(11)4-8(6)12/h3-4,9,13-14H,1-2H2. The van der Waals surface area contributed by atoms with E-state index in [1.807, 2.05) is 0 Å². The topological polar surface area (TPSA) is 40.5 Å². The molecular formula is C9H9BrF2O2. The molecule has 1 aromatic rings. The molecule has 0 saturated heterocycles. The van der Waals surface area contributed by atoms with Gasteiger partial charge in [0.25, 0.3) is 0 Å². The second-order valence-corrected chi connectivity index (χ2v) is 3.67. The summed E-state index contributed by atoms with van der Waals surface area (Å²) in [6.45, 7) is -0.254. The summed E-state index contributed by atoms with van der Waals surface area (Å²) >= 11 is 2.88. The molecule has 0 spiro atoms. The van der Waals surface area contributed by atoms with Gasteiger partial charge in [-0.15, -0.1) is 0 Å². The molecule has 0 amide bonds. The molecule has 1 unspecified atom stereocenters. The van der Waals surface area contributed by atoms with Crippen LogP contribution in [-0.2, 0) is 0 Å². The number of rotatable bonds is 3. The summed E-state index contributed by atoms with van der Waals surface area (Å²) in [5, 5.41) is 17.9. The smallest absolute Gasteiger partial charge is 0.140 e. The molecule has 0 saturated carbocycles. The second kappa shape index (κ2) is 4.82. The molecule has 14 heavy (non-hydrogen) atoms. The summed E-state index contributed by atoms with van der Waals surface area (Å²) in [6, 6.07) is 1.87. The highest BCUT2D eigenvalue weighted by molar-refractivity contribution is 9.10. The molecule has 0 aliphatic rings. The highest BCUT2D eigenvalue weighted by Crippen LogP contribution is 2.25. The van der Waals surface area contributed by atoms with Crippen LogP contribution in [0.1, 0.15) is 18.1 Å². The van der Waals surface area contributed by atoms with Crippen molar-refractivity contribution < 1.29 is 19.0 Å². The molecule has 2 nitrogen and oxygen atoms in total. The van der Waals surface area contributed by atoms with Gasteiger partial charge < -0.3 is 10.2 Å². The lowest BCUT2D eigenvalue weighted by Gasteiger charge is -2.11. The average molecular weight is 267 g/mol. The molecule has 78 valence electrons. The Kier molecular flexibility index (Phi) is 3.97. The predicted molar refractivity (Wildman–Crippen MR) is 50.7 cm³/mol. The van der Waals surface area contributed by atoms with E-state index in [0.29, 0.717) is 6.07 Å². The molecule has 0 fully saturated rings. The van der Waals surface area contributed by atoms with Gasteiger partial charge in [0.05, 0.1) is 10.6 Å². The molecule has 0 aromatic heterocycles. The lowest BCUT2D eigenvalue weighted by atomic mass is 10.1. The number of aliphatic hydroxyl groups is 2. The summed E-state index contributed by atoms with van der Waals surface area (Å²) in [5.41, 5.74) is -0.0210. The first kappa shape index (κ1) is 11.6. The third kappa shape index (κ3) is 2.50. The number of halogens is 3. The third-order valence-corrected chi connectivity index (χ3v) is 2.41. The molecule has 1 rings (SSSR count). The zero-order valence-corrected chi connectivity index (χ0v) is 8.76. The van der Waals surface area contributed by atoms with Gasteiger partial charge in [-0.25, -0.2) is 8.78 Å². The Balaban J connectivity index is 3.02. The van der Waals surface area contributed by atoms with Crippen LogP contribution in [0.15, 0.2) is 16.6 Å². The van der Waals surface area contributed by atoms with E-state index in [0.717, 1.165) is 0 Å². The van der Waals surface area contributed by atoms with Gasteiger partial charge in [-0.05, 0) is 22.0 Å². The Bertz CT molecular complexity index is 331. The minimum absolute atomic E-state index is 0.0210. The van der Waals surface area contributed by atoms with Gasteiger partial charge in [0.15, 0.2) is 0 Å². The molecule has 0 aliphatic carbocycles. The lowest BCUT2D eigenvalue weighted by molar-refractivity contribution is 0.131. The molecule has 1 aromatic carbocycles. The van der Waals surface area contributed by atoms with E-state index in [1.54, 1.807) is 0 Å². The number of aliphatic hydroxyl groups excluding tert-OH is 2. The Hall–Kier alpha value is -0.520. The van der Waals surface area contributed by atoms with E-state index in [4.69, 9.17) is 5.11 Å². The van der Waals surface area contributed by atoms with Crippen molar-refractivity contribution in [3.8, 4) is 0 Å². The molecule has 1 atom stereocenters. The number of hydrogen-bond donors (Lipinski definition) is 2. The fourth-order valence-electron chi connectivity index (χ4n) is 1.07. The molecule has 2 N–H and O–H groups in total. The van der Waals surface area contributed by atoms with Gasteiger partial charge in [0.2, 0.25) is 0 Å². The van der Waals surface area contributed by atoms with Crippen LogP contribution >= 0.6 is 15.9 Å². The molecule has 5 heteroatoms. The van der Waals surface area contributed by atoms with Crippen LogP contribution in [0.5, 0.6) is 0 Å². The van der Waals surface area contributed by atoms with E-state index >= 15 is 0 Å². The van der Waals surface area contributed by atoms with Crippen molar-refractivity contribution >= 4 is 15.9 Å². The highest BCUT2D eigenvalue weighted by Gasteiger charge is 2.15. The van der Waals surface area contributed by atoms with E-state index < -0.39 is 17.7 Å². The number of hydrogen-bond acceptors (Lipinski definition) is 2. The SMILES string of the molecule is OCCC(O)c1cc(Br)c(F)cc1F. The largest absolute Gasteiger partial charge is 0.396 e. The summed E-state index contributed by atoms with van der Waals surface area (Å²) < 4.78 is 26.0. The van der Waals surface area contributed by atoms with Gasteiger partial charge in [0.1, 0.15) is 11.6 Å². The van der Waals surface area contributed by atoms with Crippen molar-refractivity contribution in [2.45, 2.75) is 12.5 Å². The Morgan fingerprint density at radius 2 is 1.93 bits per heavy atom. The number of benzene rings is 1. The summed E-state index contributed by atoms with van der Waals surface area (Å²) in [6.07, 6.45) is -1.09. The molecular weight excluding hydrogens is 258 g/mol. The fourth-order valence-corrected chi connectivity index (χ4v) is 1.43. The molecule has 0 radical (unpaired) electrons. The summed E-state index contributed by atoms with van der Waals surface area (Å²) in [7, 11) is 0.